The third-order valence-electron chi connectivity index (χ3n) is 1.48. The van der Waals surface area contributed by atoms with Crippen molar-refractivity contribution in [1.82, 2.24) is 0 Å². The summed E-state index contributed by atoms with van der Waals surface area (Å²) in [6, 6.07) is 0. The number of carbonyl (C=O) groups is 1. The monoisotopic (exact) mass is 332 g/mol. The summed E-state index contributed by atoms with van der Waals surface area (Å²) in [6.45, 7) is 0.585. The van der Waals surface area contributed by atoms with Crippen LogP contribution in [0.5, 0.6) is 0 Å². The maximum absolute atomic E-state index is 11.0. The fraction of sp³-hybridized carbons (Fsp3) is 0.900. The van der Waals surface area contributed by atoms with Crippen LogP contribution in [0.3, 0.4) is 0 Å². The maximum Gasteiger partial charge on any atom is 0.316 e. The van der Waals surface area contributed by atoms with E-state index in [0.717, 1.165) is 15.9 Å². The molecule has 0 saturated heterocycles. The van der Waals surface area contributed by atoms with Crippen molar-refractivity contribution < 1.29 is 29.5 Å². The van der Waals surface area contributed by atoms with E-state index < -0.39 is 0 Å². The lowest BCUT2D eigenvalue weighted by Crippen LogP contribution is -2.10. The van der Waals surface area contributed by atoms with Gasteiger partial charge in [0.05, 0.1) is 25.6 Å². The van der Waals surface area contributed by atoms with Crippen LogP contribution < -0.4 is 0 Å². The van der Waals surface area contributed by atoms with Crippen molar-refractivity contribution in [2.24, 2.45) is 0 Å². The van der Waals surface area contributed by atoms with Crippen LogP contribution in [0, 0.1) is 0 Å². The van der Waals surface area contributed by atoms with Crippen LogP contribution in [-0.2, 0) is 19.3 Å². The highest BCUT2D eigenvalue weighted by atomic mass is 32.2. The number of thioether (sulfide) groups is 3. The van der Waals surface area contributed by atoms with E-state index >= 15 is 0 Å². The first-order valence-electron chi connectivity index (χ1n) is 5.66. The molecule has 0 bridgehead atoms. The Kier molecular flexibility index (Phi) is 16.7. The van der Waals surface area contributed by atoms with Gasteiger partial charge in [0.1, 0.15) is 13.2 Å². The fourth-order valence-corrected chi connectivity index (χ4v) is 3.85. The van der Waals surface area contributed by atoms with E-state index in [4.69, 9.17) is 19.8 Å². The number of aliphatic hydroxyl groups is 2. The molecule has 9 heteroatoms. The van der Waals surface area contributed by atoms with E-state index in [9.17, 15) is 4.79 Å². The average Bonchev–Trinajstić information content (AvgIpc) is 2.42. The van der Waals surface area contributed by atoms with Gasteiger partial charge in [-0.25, -0.2) is 9.78 Å². The number of ether oxygens (including phenoxy) is 1. The van der Waals surface area contributed by atoms with E-state index in [0.29, 0.717) is 12.4 Å². The minimum atomic E-state index is -0.290. The van der Waals surface area contributed by atoms with Crippen molar-refractivity contribution in [2.45, 2.75) is 0 Å². The second kappa shape index (κ2) is 16.4. The third-order valence-corrected chi connectivity index (χ3v) is 5.04. The molecule has 0 heterocycles. The van der Waals surface area contributed by atoms with Crippen LogP contribution >= 0.6 is 35.3 Å². The molecule has 0 aromatic carbocycles. The summed E-state index contributed by atoms with van der Waals surface area (Å²) < 4.78 is 4.71. The first kappa shape index (κ1) is 19.4. The van der Waals surface area contributed by atoms with Gasteiger partial charge in [-0.3, -0.25) is 4.79 Å². The van der Waals surface area contributed by atoms with Crippen LogP contribution in [0.15, 0.2) is 0 Å². The smallest absolute Gasteiger partial charge is 0.316 e. The number of rotatable bonds is 14. The van der Waals surface area contributed by atoms with Crippen molar-refractivity contribution in [3.05, 3.63) is 0 Å². The molecule has 0 radical (unpaired) electrons. The van der Waals surface area contributed by atoms with Crippen LogP contribution in [0.4, 0.5) is 0 Å². The molecule has 0 atom stereocenters. The molecule has 0 rings (SSSR count). The molecule has 0 saturated carbocycles. The minimum Gasteiger partial charge on any atom is -0.463 e. The molecule has 2 N–H and O–H groups in total. The lowest BCUT2D eigenvalue weighted by atomic mass is 10.7. The van der Waals surface area contributed by atoms with Gasteiger partial charge in [-0.1, -0.05) is 0 Å². The molecule has 0 aliphatic carbocycles. The Hall–Kier alpha value is 0.360. The minimum absolute atomic E-state index is 0.0407. The average molecular weight is 332 g/mol. The zero-order valence-corrected chi connectivity index (χ0v) is 13.1. The molecule has 19 heavy (non-hydrogen) atoms. The van der Waals surface area contributed by atoms with E-state index in [1.165, 1.54) is 11.8 Å². The number of carbonyl (C=O) groups excluding carboxylic acids is 1. The Morgan fingerprint density at radius 1 is 0.895 bits per heavy atom. The Morgan fingerprint density at radius 2 is 1.58 bits per heavy atom. The molecule has 0 aliphatic heterocycles. The van der Waals surface area contributed by atoms with Crippen LogP contribution in [0.25, 0.3) is 0 Å². The Bertz CT molecular complexity index is 208. The normalized spacial score (nSPS) is 10.6. The van der Waals surface area contributed by atoms with Gasteiger partial charge in [-0.2, -0.15) is 0 Å². The van der Waals surface area contributed by atoms with Crippen LogP contribution in [-0.4, -0.2) is 70.9 Å². The van der Waals surface area contributed by atoms with Crippen molar-refractivity contribution >= 4 is 41.3 Å². The lowest BCUT2D eigenvalue weighted by Gasteiger charge is -2.04. The summed E-state index contributed by atoms with van der Waals surface area (Å²) in [4.78, 5) is 20.5. The predicted octanol–water partition coefficient (Wildman–Crippen LogP) is 0.577. The highest BCUT2D eigenvalue weighted by molar-refractivity contribution is 8.22. The van der Waals surface area contributed by atoms with Crippen molar-refractivity contribution in [2.75, 3.05) is 54.7 Å². The fourth-order valence-electron chi connectivity index (χ4n) is 0.785. The second-order valence-corrected chi connectivity index (χ2v) is 6.82. The third kappa shape index (κ3) is 16.3. The summed E-state index contributed by atoms with van der Waals surface area (Å²) in [7, 11) is 0. The molecule has 0 unspecified atom stereocenters. The van der Waals surface area contributed by atoms with Gasteiger partial charge in [0.25, 0.3) is 0 Å². The highest BCUT2D eigenvalue weighted by Gasteiger charge is 2.02. The van der Waals surface area contributed by atoms with Gasteiger partial charge in [0, 0.05) is 15.9 Å². The van der Waals surface area contributed by atoms with Gasteiger partial charge in [-0.05, 0) is 0 Å². The Balaban J connectivity index is 3.04. The molecule has 6 nitrogen and oxygen atoms in total. The summed E-state index contributed by atoms with van der Waals surface area (Å²) in [6.07, 6.45) is 0. The summed E-state index contributed by atoms with van der Waals surface area (Å²) in [5.41, 5.74) is 0. The quantitative estimate of drug-likeness (QED) is 0.156. The van der Waals surface area contributed by atoms with E-state index in [-0.39, 0.29) is 32.4 Å². The van der Waals surface area contributed by atoms with Crippen molar-refractivity contribution in [3.8, 4) is 0 Å². The second-order valence-electron chi connectivity index (χ2n) is 3.01. The zero-order chi connectivity index (χ0) is 14.2. The van der Waals surface area contributed by atoms with E-state index in [2.05, 4.69) is 4.89 Å². The first-order valence-corrected chi connectivity index (χ1v) is 9.12. The molecule has 114 valence electrons. The van der Waals surface area contributed by atoms with Crippen molar-refractivity contribution in [3.63, 3.8) is 0 Å². The largest absolute Gasteiger partial charge is 0.463 e. The number of hydrogen-bond acceptors (Lipinski definition) is 9. The van der Waals surface area contributed by atoms with Crippen LogP contribution in [0.2, 0.25) is 0 Å². The SMILES string of the molecule is O=C(CSCSCSCCOOCCO)OCCO. The molecule has 0 aromatic heterocycles. The lowest BCUT2D eigenvalue weighted by molar-refractivity contribution is -0.293. The summed E-state index contributed by atoms with van der Waals surface area (Å²) in [5.74, 6) is 0.846. The zero-order valence-electron chi connectivity index (χ0n) is 10.6. The summed E-state index contributed by atoms with van der Waals surface area (Å²) in [5, 5.41) is 18.6. The number of hydrogen-bond donors (Lipinski definition) is 2. The Morgan fingerprint density at radius 3 is 2.32 bits per heavy atom. The number of aliphatic hydroxyl groups excluding tert-OH is 2. The highest BCUT2D eigenvalue weighted by Crippen LogP contribution is 2.17. The van der Waals surface area contributed by atoms with Gasteiger partial charge in [-0.15, -0.1) is 35.3 Å². The molecule has 0 aromatic rings. The molecular weight excluding hydrogens is 312 g/mol. The van der Waals surface area contributed by atoms with Gasteiger partial charge in [0.2, 0.25) is 0 Å². The topological polar surface area (TPSA) is 85.2 Å². The van der Waals surface area contributed by atoms with E-state index in [1.54, 1.807) is 23.5 Å². The first-order chi connectivity index (χ1) is 9.31. The summed E-state index contributed by atoms with van der Waals surface area (Å²) >= 11 is 4.93. The molecule has 0 spiro atoms. The molecular formula is C10H20O6S3. The Labute approximate surface area is 125 Å². The van der Waals surface area contributed by atoms with Crippen LogP contribution in [0.1, 0.15) is 0 Å². The predicted molar refractivity (Wildman–Crippen MR) is 79.3 cm³/mol. The molecule has 0 aliphatic rings. The van der Waals surface area contributed by atoms with Gasteiger partial charge < -0.3 is 14.9 Å². The number of esters is 1. The van der Waals surface area contributed by atoms with Crippen molar-refractivity contribution in [1.29, 1.82) is 0 Å². The van der Waals surface area contributed by atoms with Gasteiger partial charge in [0.15, 0.2) is 0 Å². The van der Waals surface area contributed by atoms with Gasteiger partial charge >= 0.3 is 5.97 Å². The van der Waals surface area contributed by atoms with E-state index in [1.807, 2.05) is 0 Å². The molecule has 0 fully saturated rings. The molecule has 0 amide bonds. The standard InChI is InChI=1S/C10H20O6S3/c11-1-3-14-10(13)7-18-9-19-8-17-6-5-16-15-4-2-12/h11-12H,1-9H2. The maximum atomic E-state index is 11.0.